The fourth-order valence-electron chi connectivity index (χ4n) is 5.91. The molecule has 3 rings (SSSR count). The Balaban J connectivity index is 0.00000261. The van der Waals surface area contributed by atoms with E-state index < -0.39 is 0 Å². The first-order valence-electron chi connectivity index (χ1n) is 11.0. The first kappa shape index (κ1) is 23.0. The van der Waals surface area contributed by atoms with E-state index in [-0.39, 0.29) is 12.4 Å². The molecule has 0 amide bonds. The Morgan fingerprint density at radius 1 is 0.852 bits per heavy atom. The second kappa shape index (κ2) is 9.48. The van der Waals surface area contributed by atoms with Crippen LogP contribution in [0, 0.1) is 35.5 Å². The lowest BCUT2D eigenvalue weighted by Gasteiger charge is -2.40. The Morgan fingerprint density at radius 2 is 1.33 bits per heavy atom. The molecule has 1 heterocycles. The summed E-state index contributed by atoms with van der Waals surface area (Å²) < 4.78 is 0. The van der Waals surface area contributed by atoms with Gasteiger partial charge >= 0.3 is 0 Å². The third kappa shape index (κ3) is 5.01. The van der Waals surface area contributed by atoms with Crippen LogP contribution in [-0.2, 0) is 0 Å². The Kier molecular flexibility index (Phi) is 8.08. The summed E-state index contributed by atoms with van der Waals surface area (Å²) >= 11 is 1.82. The van der Waals surface area contributed by atoms with Gasteiger partial charge in [0.25, 0.3) is 0 Å². The average Bonchev–Trinajstić information content (AvgIpc) is 2.95. The molecule has 2 nitrogen and oxygen atoms in total. The highest BCUT2D eigenvalue weighted by atomic mass is 35.5. The van der Waals surface area contributed by atoms with E-state index in [1.165, 1.54) is 44.2 Å². The van der Waals surface area contributed by atoms with E-state index in [4.69, 9.17) is 10.7 Å². The first-order valence-corrected chi connectivity index (χ1v) is 11.9. The van der Waals surface area contributed by atoms with Gasteiger partial charge in [-0.2, -0.15) is 0 Å². The number of nitrogen functional groups attached to an aromatic ring is 1. The summed E-state index contributed by atoms with van der Waals surface area (Å²) in [7, 11) is 0. The third-order valence-electron chi connectivity index (χ3n) is 7.43. The maximum absolute atomic E-state index is 6.31. The number of anilines is 1. The van der Waals surface area contributed by atoms with Crippen molar-refractivity contribution in [1.82, 2.24) is 4.98 Å². The molecule has 0 bridgehead atoms. The highest BCUT2D eigenvalue weighted by Gasteiger charge is 2.39. The Labute approximate surface area is 177 Å². The number of thiazole rings is 1. The highest BCUT2D eigenvalue weighted by Crippen LogP contribution is 2.52. The molecule has 0 spiro atoms. The molecule has 0 saturated heterocycles. The quantitative estimate of drug-likeness (QED) is 0.555. The number of hydrogen-bond acceptors (Lipinski definition) is 3. The minimum atomic E-state index is 0. The number of aromatic nitrogens is 1. The monoisotopic (exact) mass is 412 g/mol. The van der Waals surface area contributed by atoms with Gasteiger partial charge in [-0.15, -0.1) is 23.7 Å². The van der Waals surface area contributed by atoms with E-state index in [0.29, 0.717) is 11.8 Å². The van der Waals surface area contributed by atoms with E-state index in [2.05, 4.69) is 41.5 Å². The van der Waals surface area contributed by atoms with E-state index in [9.17, 15) is 0 Å². The van der Waals surface area contributed by atoms with Gasteiger partial charge in [-0.05, 0) is 67.1 Å². The lowest BCUT2D eigenvalue weighted by Crippen LogP contribution is -2.30. The van der Waals surface area contributed by atoms with Crippen LogP contribution in [-0.4, -0.2) is 4.98 Å². The van der Waals surface area contributed by atoms with Gasteiger partial charge in [0, 0.05) is 10.8 Å². The topological polar surface area (TPSA) is 38.9 Å². The van der Waals surface area contributed by atoms with Crippen molar-refractivity contribution in [2.24, 2.45) is 35.5 Å². The second-order valence-corrected chi connectivity index (χ2v) is 11.2. The largest absolute Gasteiger partial charge is 0.375 e. The van der Waals surface area contributed by atoms with Gasteiger partial charge < -0.3 is 5.73 Å². The Bertz CT molecular complexity index is 548. The molecular formula is C23H41ClN2S. The highest BCUT2D eigenvalue weighted by molar-refractivity contribution is 7.15. The van der Waals surface area contributed by atoms with E-state index in [1.54, 1.807) is 4.88 Å². The zero-order valence-corrected chi connectivity index (χ0v) is 19.8. The maximum atomic E-state index is 6.31. The molecule has 2 N–H and O–H groups in total. The van der Waals surface area contributed by atoms with Gasteiger partial charge in [-0.25, -0.2) is 4.98 Å². The van der Waals surface area contributed by atoms with E-state index in [0.717, 1.165) is 40.6 Å². The number of nitrogens with two attached hydrogens (primary N) is 1. The van der Waals surface area contributed by atoms with Crippen molar-refractivity contribution >= 4 is 28.9 Å². The minimum absolute atomic E-state index is 0. The van der Waals surface area contributed by atoms with Gasteiger partial charge in [0.2, 0.25) is 0 Å². The molecular weight excluding hydrogens is 372 g/mol. The fraction of sp³-hybridized carbons (Fsp3) is 0.870. The second-order valence-electron chi connectivity index (χ2n) is 10.2. The average molecular weight is 413 g/mol. The molecule has 0 aromatic carbocycles. The fourth-order valence-corrected chi connectivity index (χ4v) is 7.01. The molecule has 6 atom stereocenters. The molecule has 6 unspecified atom stereocenters. The van der Waals surface area contributed by atoms with Crippen LogP contribution in [0.1, 0.15) is 102 Å². The predicted molar refractivity (Wildman–Crippen MR) is 122 cm³/mol. The third-order valence-corrected chi connectivity index (χ3v) is 8.46. The van der Waals surface area contributed by atoms with Crippen molar-refractivity contribution in [2.75, 3.05) is 5.73 Å². The smallest absolute Gasteiger partial charge is 0.180 e. The summed E-state index contributed by atoms with van der Waals surface area (Å²) in [4.78, 5) is 6.56. The number of halogens is 1. The summed E-state index contributed by atoms with van der Waals surface area (Å²) in [5.41, 5.74) is 7.72. The molecule has 0 radical (unpaired) electrons. The molecule has 1 aromatic heterocycles. The van der Waals surface area contributed by atoms with Crippen molar-refractivity contribution in [3.63, 3.8) is 0 Å². The lowest BCUT2D eigenvalue weighted by atomic mass is 9.65. The molecule has 4 heteroatoms. The van der Waals surface area contributed by atoms with Crippen LogP contribution in [0.15, 0.2) is 0 Å². The van der Waals surface area contributed by atoms with Crippen LogP contribution in [0.3, 0.4) is 0 Å². The lowest BCUT2D eigenvalue weighted by molar-refractivity contribution is 0.183. The van der Waals surface area contributed by atoms with E-state index in [1.807, 2.05) is 11.3 Å². The van der Waals surface area contributed by atoms with E-state index >= 15 is 0 Å². The van der Waals surface area contributed by atoms with Gasteiger partial charge in [-0.1, -0.05) is 54.4 Å². The SMILES string of the molecule is CC1CCC(C(C)C)C(c2nc(N)sc2C2CC(C)CCC2C(C)C)C1.Cl. The summed E-state index contributed by atoms with van der Waals surface area (Å²) in [5, 5.41) is 0.802. The van der Waals surface area contributed by atoms with Crippen LogP contribution < -0.4 is 5.73 Å². The summed E-state index contributed by atoms with van der Waals surface area (Å²) in [5.74, 6) is 5.98. The summed E-state index contributed by atoms with van der Waals surface area (Å²) in [6, 6.07) is 0. The molecule has 156 valence electrons. The van der Waals surface area contributed by atoms with Crippen LogP contribution in [0.5, 0.6) is 0 Å². The van der Waals surface area contributed by atoms with Crippen LogP contribution in [0.4, 0.5) is 5.13 Å². The Morgan fingerprint density at radius 3 is 1.85 bits per heavy atom. The van der Waals surface area contributed by atoms with Crippen molar-refractivity contribution < 1.29 is 0 Å². The summed E-state index contributed by atoms with van der Waals surface area (Å²) in [6.45, 7) is 14.5. The number of nitrogens with zero attached hydrogens (tertiary/aromatic N) is 1. The molecule has 2 aliphatic rings. The zero-order valence-electron chi connectivity index (χ0n) is 18.2. The predicted octanol–water partition coefficient (Wildman–Crippen LogP) is 7.50. The first-order chi connectivity index (χ1) is 12.3. The maximum Gasteiger partial charge on any atom is 0.180 e. The molecule has 2 saturated carbocycles. The van der Waals surface area contributed by atoms with Crippen molar-refractivity contribution in [3.05, 3.63) is 10.6 Å². The van der Waals surface area contributed by atoms with Crippen molar-refractivity contribution in [2.45, 2.75) is 91.9 Å². The van der Waals surface area contributed by atoms with Gasteiger partial charge in [-0.3, -0.25) is 0 Å². The van der Waals surface area contributed by atoms with Gasteiger partial charge in [0.15, 0.2) is 5.13 Å². The van der Waals surface area contributed by atoms with Gasteiger partial charge in [0.05, 0.1) is 5.69 Å². The normalized spacial score (nSPS) is 34.7. The number of hydrogen-bond donors (Lipinski definition) is 1. The minimum Gasteiger partial charge on any atom is -0.375 e. The molecule has 2 aliphatic carbocycles. The van der Waals surface area contributed by atoms with Crippen LogP contribution in [0.25, 0.3) is 0 Å². The molecule has 1 aromatic rings. The number of rotatable bonds is 4. The zero-order chi connectivity index (χ0) is 19.0. The van der Waals surface area contributed by atoms with Crippen LogP contribution >= 0.6 is 23.7 Å². The Hall–Kier alpha value is -0.280. The van der Waals surface area contributed by atoms with Gasteiger partial charge in [0.1, 0.15) is 0 Å². The van der Waals surface area contributed by atoms with Crippen LogP contribution in [0.2, 0.25) is 0 Å². The molecule has 27 heavy (non-hydrogen) atoms. The molecule has 2 fully saturated rings. The standard InChI is InChI=1S/C23H40N2S.ClH/c1-13(2)17-9-7-15(5)11-19(17)21-22(26-23(24)25-21)20-12-16(6)8-10-18(20)14(3)4;/h13-20H,7-12H2,1-6H3,(H2,24,25);1H. The summed E-state index contributed by atoms with van der Waals surface area (Å²) in [6.07, 6.45) is 8.12. The molecule has 0 aliphatic heterocycles. The van der Waals surface area contributed by atoms with Crippen molar-refractivity contribution in [3.8, 4) is 0 Å². The van der Waals surface area contributed by atoms with Crippen molar-refractivity contribution in [1.29, 1.82) is 0 Å².